The van der Waals surface area contributed by atoms with Gasteiger partial charge in [0, 0.05) is 18.3 Å². The first-order valence-corrected chi connectivity index (χ1v) is 11.3. The molecular weight excluding hydrogens is 412 g/mol. The molecule has 4 N–H and O–H groups in total. The van der Waals surface area contributed by atoms with Crippen molar-refractivity contribution in [1.82, 2.24) is 10.3 Å². The summed E-state index contributed by atoms with van der Waals surface area (Å²) in [4.78, 5) is 17.2. The van der Waals surface area contributed by atoms with Crippen LogP contribution < -0.4 is 20.5 Å². The lowest BCUT2D eigenvalue weighted by molar-refractivity contribution is 0.0950. The number of carbonyl (C=O) groups excluding carboxylic acids is 1. The van der Waals surface area contributed by atoms with Crippen LogP contribution in [0.1, 0.15) is 35.8 Å². The van der Waals surface area contributed by atoms with Gasteiger partial charge >= 0.3 is 0 Å². The number of anilines is 1. The molecule has 3 rings (SSSR count). The highest BCUT2D eigenvalue weighted by molar-refractivity contribution is 7.82. The predicted molar refractivity (Wildman–Crippen MR) is 122 cm³/mol. The maximum atomic E-state index is 12.8. The van der Waals surface area contributed by atoms with Crippen molar-refractivity contribution in [3.05, 3.63) is 78.1 Å². The minimum absolute atomic E-state index is 0.244. The standard InChI is InChI=1S/C23H26N4O3S/c1-2-3-12-26-20-14-17(23(28)27-16-18-9-7-8-13-25-18)15-21(31(24)29)22(20)30-19-10-5-4-6-11-19/h4-11,13-15,26H,2-3,12,16,24H2,1H3,(H,27,28). The number of para-hydroxylation sites is 1. The van der Waals surface area contributed by atoms with Crippen molar-refractivity contribution in [3.8, 4) is 11.5 Å². The van der Waals surface area contributed by atoms with Crippen LogP contribution in [-0.2, 0) is 17.5 Å². The van der Waals surface area contributed by atoms with Crippen LogP contribution in [0.3, 0.4) is 0 Å². The summed E-state index contributed by atoms with van der Waals surface area (Å²) < 4.78 is 18.4. The number of carbonyl (C=O) groups is 1. The molecule has 1 aromatic heterocycles. The zero-order chi connectivity index (χ0) is 22.1. The summed E-state index contributed by atoms with van der Waals surface area (Å²) in [5.41, 5.74) is 1.64. The van der Waals surface area contributed by atoms with Gasteiger partial charge in [0.1, 0.15) is 16.7 Å². The molecule has 3 aromatic rings. The Morgan fingerprint density at radius 1 is 1.13 bits per heavy atom. The van der Waals surface area contributed by atoms with E-state index in [9.17, 15) is 9.00 Å². The maximum Gasteiger partial charge on any atom is 0.251 e. The van der Waals surface area contributed by atoms with Crippen LogP contribution in [0.4, 0.5) is 5.69 Å². The molecule has 1 amide bonds. The largest absolute Gasteiger partial charge is 0.454 e. The fraction of sp³-hybridized carbons (Fsp3) is 0.217. The maximum absolute atomic E-state index is 12.8. The molecule has 0 spiro atoms. The third kappa shape index (κ3) is 6.37. The summed E-state index contributed by atoms with van der Waals surface area (Å²) in [6.45, 7) is 3.05. The quantitative estimate of drug-likeness (QED) is 0.415. The number of ether oxygens (including phenoxy) is 1. The highest BCUT2D eigenvalue weighted by atomic mass is 32.2. The zero-order valence-corrected chi connectivity index (χ0v) is 18.2. The number of benzene rings is 2. The summed E-state index contributed by atoms with van der Waals surface area (Å²) in [6.07, 6.45) is 3.60. The SMILES string of the molecule is CCCCNc1cc(C(=O)NCc2ccccn2)cc(S(N)=O)c1Oc1ccccc1. The Labute approximate surface area is 184 Å². The Balaban J connectivity index is 1.92. The lowest BCUT2D eigenvalue weighted by atomic mass is 10.1. The molecule has 0 aliphatic heterocycles. The first-order valence-electron chi connectivity index (χ1n) is 10.1. The summed E-state index contributed by atoms with van der Waals surface area (Å²) in [6, 6.07) is 17.9. The highest BCUT2D eigenvalue weighted by Crippen LogP contribution is 2.36. The van der Waals surface area contributed by atoms with Crippen LogP contribution in [0.25, 0.3) is 0 Å². The second-order valence-electron chi connectivity index (χ2n) is 6.85. The molecule has 2 aromatic carbocycles. The molecule has 0 aliphatic rings. The summed E-state index contributed by atoms with van der Waals surface area (Å²) in [7, 11) is -1.86. The van der Waals surface area contributed by atoms with Gasteiger partial charge < -0.3 is 15.4 Å². The number of unbranched alkanes of at least 4 members (excludes halogenated alkanes) is 1. The van der Waals surface area contributed by atoms with E-state index < -0.39 is 11.0 Å². The number of nitrogens with two attached hydrogens (primary N) is 1. The first kappa shape index (κ1) is 22.5. The van der Waals surface area contributed by atoms with E-state index in [0.717, 1.165) is 18.5 Å². The molecule has 7 nitrogen and oxygen atoms in total. The lowest BCUT2D eigenvalue weighted by Crippen LogP contribution is -2.24. The Morgan fingerprint density at radius 3 is 2.58 bits per heavy atom. The molecule has 0 saturated carbocycles. The lowest BCUT2D eigenvalue weighted by Gasteiger charge is -2.17. The number of nitrogens with zero attached hydrogens (tertiary/aromatic N) is 1. The summed E-state index contributed by atoms with van der Waals surface area (Å²) >= 11 is 0. The zero-order valence-electron chi connectivity index (χ0n) is 17.3. The van der Waals surface area contributed by atoms with Crippen molar-refractivity contribution in [2.75, 3.05) is 11.9 Å². The van der Waals surface area contributed by atoms with E-state index >= 15 is 0 Å². The third-order valence-corrected chi connectivity index (χ3v) is 5.24. The van der Waals surface area contributed by atoms with Gasteiger partial charge in [0.2, 0.25) is 0 Å². The molecule has 1 unspecified atom stereocenters. The van der Waals surface area contributed by atoms with E-state index in [2.05, 4.69) is 22.5 Å². The molecule has 0 fully saturated rings. The molecule has 0 aliphatic carbocycles. The number of hydrogen-bond donors (Lipinski definition) is 3. The van der Waals surface area contributed by atoms with Crippen LogP contribution in [0, 0.1) is 0 Å². The fourth-order valence-corrected chi connectivity index (χ4v) is 3.48. The van der Waals surface area contributed by atoms with Gasteiger partial charge in [-0.15, -0.1) is 0 Å². The van der Waals surface area contributed by atoms with Gasteiger partial charge in [-0.25, -0.2) is 9.35 Å². The molecule has 0 saturated heterocycles. The van der Waals surface area contributed by atoms with E-state index in [1.165, 1.54) is 6.07 Å². The van der Waals surface area contributed by atoms with E-state index in [4.69, 9.17) is 9.88 Å². The van der Waals surface area contributed by atoms with Crippen LogP contribution in [0.2, 0.25) is 0 Å². The van der Waals surface area contributed by atoms with Gasteiger partial charge in [0.15, 0.2) is 5.75 Å². The first-order chi connectivity index (χ1) is 15.1. The Hall–Kier alpha value is -3.23. The molecule has 8 heteroatoms. The van der Waals surface area contributed by atoms with Crippen molar-refractivity contribution < 1.29 is 13.7 Å². The van der Waals surface area contributed by atoms with E-state index in [0.29, 0.717) is 29.3 Å². The summed E-state index contributed by atoms with van der Waals surface area (Å²) in [5, 5.41) is 11.9. The Kier molecular flexibility index (Phi) is 8.14. The minimum atomic E-state index is -1.86. The van der Waals surface area contributed by atoms with Crippen LogP contribution in [0.15, 0.2) is 71.8 Å². The van der Waals surface area contributed by atoms with Gasteiger partial charge in [0.25, 0.3) is 5.91 Å². The topological polar surface area (TPSA) is 106 Å². The van der Waals surface area contributed by atoms with E-state index in [-0.39, 0.29) is 17.3 Å². The number of pyridine rings is 1. The summed E-state index contributed by atoms with van der Waals surface area (Å²) in [5.74, 6) is 0.617. The van der Waals surface area contributed by atoms with Crippen molar-refractivity contribution in [2.24, 2.45) is 5.14 Å². The average Bonchev–Trinajstić information content (AvgIpc) is 2.79. The van der Waals surface area contributed by atoms with Gasteiger partial charge in [-0.3, -0.25) is 9.78 Å². The second kappa shape index (κ2) is 11.2. The number of amides is 1. The monoisotopic (exact) mass is 438 g/mol. The second-order valence-corrected chi connectivity index (χ2v) is 7.88. The van der Waals surface area contributed by atoms with Crippen molar-refractivity contribution >= 4 is 22.6 Å². The number of aromatic nitrogens is 1. The highest BCUT2D eigenvalue weighted by Gasteiger charge is 2.19. The van der Waals surface area contributed by atoms with Gasteiger partial charge in [-0.1, -0.05) is 37.6 Å². The molecular formula is C23H26N4O3S. The van der Waals surface area contributed by atoms with Crippen LogP contribution in [0.5, 0.6) is 11.5 Å². The normalized spacial score (nSPS) is 11.5. The van der Waals surface area contributed by atoms with Crippen molar-refractivity contribution in [2.45, 2.75) is 31.2 Å². The van der Waals surface area contributed by atoms with Crippen LogP contribution in [-0.4, -0.2) is 21.6 Å². The Bertz CT molecular complexity index is 1030. The smallest absolute Gasteiger partial charge is 0.251 e. The molecule has 0 radical (unpaired) electrons. The van der Waals surface area contributed by atoms with Gasteiger partial charge in [0.05, 0.1) is 22.8 Å². The fourth-order valence-electron chi connectivity index (χ4n) is 2.90. The van der Waals surface area contributed by atoms with Gasteiger partial charge in [-0.05, 0) is 42.8 Å². The van der Waals surface area contributed by atoms with Crippen molar-refractivity contribution in [3.63, 3.8) is 0 Å². The molecule has 1 heterocycles. The minimum Gasteiger partial charge on any atom is -0.454 e. The third-order valence-electron chi connectivity index (χ3n) is 4.50. The van der Waals surface area contributed by atoms with Gasteiger partial charge in [-0.2, -0.15) is 0 Å². The molecule has 31 heavy (non-hydrogen) atoms. The van der Waals surface area contributed by atoms with Crippen LogP contribution >= 0.6 is 0 Å². The van der Waals surface area contributed by atoms with E-state index in [1.807, 2.05) is 36.4 Å². The van der Waals surface area contributed by atoms with Crippen molar-refractivity contribution in [1.29, 1.82) is 0 Å². The molecule has 162 valence electrons. The molecule has 1 atom stereocenters. The molecule has 0 bridgehead atoms. The average molecular weight is 439 g/mol. The number of nitrogens with one attached hydrogen (secondary N) is 2. The van der Waals surface area contributed by atoms with E-state index in [1.54, 1.807) is 24.4 Å². The number of hydrogen-bond acceptors (Lipinski definition) is 5. The number of rotatable bonds is 10. The Morgan fingerprint density at radius 2 is 1.90 bits per heavy atom. The predicted octanol–water partition coefficient (Wildman–Crippen LogP) is 4.00.